The maximum Gasteiger partial charge on any atom is 0.320 e. The number of morpholine rings is 1. The molecule has 0 aromatic carbocycles. The van der Waals surface area contributed by atoms with Gasteiger partial charge in [0.15, 0.2) is 10.8 Å². The molecule has 1 aliphatic carbocycles. The molecule has 2 aromatic rings. The average molecular weight is 497 g/mol. The van der Waals surface area contributed by atoms with Crippen molar-refractivity contribution in [3.8, 4) is 0 Å². The van der Waals surface area contributed by atoms with Crippen LogP contribution < -0.4 is 15.5 Å². The molecule has 2 saturated heterocycles. The molecule has 3 aliphatic heterocycles. The number of amidine groups is 1. The van der Waals surface area contributed by atoms with Gasteiger partial charge in [-0.25, -0.2) is 14.5 Å². The van der Waals surface area contributed by atoms with E-state index in [0.29, 0.717) is 24.3 Å². The van der Waals surface area contributed by atoms with Crippen LogP contribution in [0.2, 0.25) is 0 Å². The first kappa shape index (κ1) is 22.5. The Morgan fingerprint density at radius 1 is 1.14 bits per heavy atom. The normalized spacial score (nSPS) is 22.9. The molecule has 184 valence electrons. The monoisotopic (exact) mass is 496 g/mol. The molecule has 2 aromatic heterocycles. The van der Waals surface area contributed by atoms with Crippen LogP contribution in [0.1, 0.15) is 31.0 Å². The van der Waals surface area contributed by atoms with Crippen LogP contribution in [0.4, 0.5) is 10.7 Å². The van der Waals surface area contributed by atoms with E-state index in [2.05, 4.69) is 37.4 Å². The summed E-state index contributed by atoms with van der Waals surface area (Å²) in [6, 6.07) is 0.0236. The van der Waals surface area contributed by atoms with E-state index in [1.54, 1.807) is 7.05 Å². The minimum absolute atomic E-state index is 0.0249. The number of ether oxygens (including phenoxy) is 2. The number of carbonyl (C=O) groups excluding carboxylic acids is 1. The van der Waals surface area contributed by atoms with E-state index in [1.165, 1.54) is 11.8 Å². The van der Waals surface area contributed by atoms with Crippen LogP contribution in [0.5, 0.6) is 0 Å². The maximum atomic E-state index is 11.7. The number of hydrogen-bond donors (Lipinski definition) is 2. The summed E-state index contributed by atoms with van der Waals surface area (Å²) in [6.07, 6.45) is 8.80. The van der Waals surface area contributed by atoms with Gasteiger partial charge in [0, 0.05) is 38.3 Å². The zero-order chi connectivity index (χ0) is 23.8. The number of aromatic nitrogens is 4. The van der Waals surface area contributed by atoms with Gasteiger partial charge in [-0.1, -0.05) is 17.8 Å². The van der Waals surface area contributed by atoms with Crippen LogP contribution in [0.25, 0.3) is 16.6 Å². The predicted octanol–water partition coefficient (Wildman–Crippen LogP) is 2.09. The Morgan fingerprint density at radius 2 is 1.94 bits per heavy atom. The lowest BCUT2D eigenvalue weighted by molar-refractivity contribution is 0.0673. The van der Waals surface area contributed by atoms with Crippen molar-refractivity contribution in [2.24, 2.45) is 4.99 Å². The Labute approximate surface area is 207 Å². The number of amides is 2. The standard InChI is InChI=1S/C23H28N8O3S/c1-24-22(32)29-23-26-17-3-2-14(12-18(17)35-23)19-16-13-25-31(15-4-8-33-9-5-15)20(16)28-21(27-19)30-6-10-34-11-7-30/h2,12-13,15,17H,3-11H2,1H3,(H2,24,26,29,32). The molecule has 11 nitrogen and oxygen atoms in total. The fraction of sp³-hybridized carbons (Fsp3) is 0.522. The van der Waals surface area contributed by atoms with Crippen LogP contribution in [-0.4, -0.2) is 83.6 Å². The summed E-state index contributed by atoms with van der Waals surface area (Å²) >= 11 is 1.50. The fourth-order valence-corrected chi connectivity index (χ4v) is 5.79. The molecule has 0 saturated carbocycles. The predicted molar refractivity (Wildman–Crippen MR) is 135 cm³/mol. The number of nitrogens with one attached hydrogen (secondary N) is 2. The molecule has 12 heteroatoms. The Kier molecular flexibility index (Phi) is 6.17. The van der Waals surface area contributed by atoms with E-state index in [-0.39, 0.29) is 18.1 Å². The van der Waals surface area contributed by atoms with E-state index in [4.69, 9.17) is 24.5 Å². The first-order valence-electron chi connectivity index (χ1n) is 12.0. The van der Waals surface area contributed by atoms with Gasteiger partial charge >= 0.3 is 6.03 Å². The molecule has 2 fully saturated rings. The molecule has 4 aliphatic rings. The van der Waals surface area contributed by atoms with Gasteiger partial charge in [0.1, 0.15) is 0 Å². The van der Waals surface area contributed by atoms with Crippen LogP contribution in [0, 0.1) is 0 Å². The summed E-state index contributed by atoms with van der Waals surface area (Å²) in [5, 5.41) is 11.7. The smallest absolute Gasteiger partial charge is 0.320 e. The van der Waals surface area contributed by atoms with Crippen molar-refractivity contribution in [1.29, 1.82) is 0 Å². The van der Waals surface area contributed by atoms with Gasteiger partial charge in [-0.3, -0.25) is 10.3 Å². The maximum absolute atomic E-state index is 11.7. The highest BCUT2D eigenvalue weighted by Gasteiger charge is 2.30. The number of urea groups is 1. The van der Waals surface area contributed by atoms with E-state index in [1.807, 2.05) is 6.20 Å². The number of fused-ring (bicyclic) bond motifs is 2. The number of thioether (sulfide) groups is 1. The van der Waals surface area contributed by atoms with E-state index in [0.717, 1.165) is 72.8 Å². The topological polar surface area (TPSA) is 119 Å². The van der Waals surface area contributed by atoms with Gasteiger partial charge in [-0.2, -0.15) is 10.1 Å². The molecule has 35 heavy (non-hydrogen) atoms. The number of allylic oxidation sites excluding steroid dienone is 2. The summed E-state index contributed by atoms with van der Waals surface area (Å²) in [6.45, 7) is 4.33. The summed E-state index contributed by atoms with van der Waals surface area (Å²) in [4.78, 5) is 29.7. The third-order valence-electron chi connectivity index (χ3n) is 6.67. The Bertz CT molecular complexity index is 1230. The molecule has 0 radical (unpaired) electrons. The molecule has 0 bridgehead atoms. The Morgan fingerprint density at radius 3 is 2.74 bits per heavy atom. The quantitative estimate of drug-likeness (QED) is 0.663. The van der Waals surface area contributed by atoms with Crippen LogP contribution in [0.15, 0.2) is 28.2 Å². The molecule has 1 unspecified atom stereocenters. The van der Waals surface area contributed by atoms with Gasteiger partial charge in [0.25, 0.3) is 0 Å². The number of nitrogens with zero attached hydrogens (tertiary/aromatic N) is 6. The highest BCUT2D eigenvalue weighted by atomic mass is 32.2. The molecule has 1 atom stereocenters. The van der Waals surface area contributed by atoms with Crippen LogP contribution in [-0.2, 0) is 9.47 Å². The van der Waals surface area contributed by atoms with Crippen molar-refractivity contribution in [1.82, 2.24) is 30.4 Å². The highest BCUT2D eigenvalue weighted by molar-refractivity contribution is 8.17. The summed E-state index contributed by atoms with van der Waals surface area (Å²) in [5.41, 5.74) is 2.78. The minimum atomic E-state index is -0.267. The highest BCUT2D eigenvalue weighted by Crippen LogP contribution is 2.40. The number of carbonyl (C=O) groups is 1. The van der Waals surface area contributed by atoms with E-state index in [9.17, 15) is 4.79 Å². The van der Waals surface area contributed by atoms with Crippen molar-refractivity contribution >= 4 is 45.5 Å². The molecule has 2 amide bonds. The third-order valence-corrected chi connectivity index (χ3v) is 7.69. The summed E-state index contributed by atoms with van der Waals surface area (Å²) < 4.78 is 13.2. The van der Waals surface area contributed by atoms with Gasteiger partial charge in [-0.15, -0.1) is 0 Å². The fourth-order valence-electron chi connectivity index (χ4n) is 4.77. The Hall–Kier alpha value is -2.96. The average Bonchev–Trinajstić information content (AvgIpc) is 3.52. The lowest BCUT2D eigenvalue weighted by Crippen LogP contribution is -2.37. The molecular weight excluding hydrogens is 468 g/mol. The lowest BCUT2D eigenvalue weighted by Gasteiger charge is -2.28. The zero-order valence-corrected chi connectivity index (χ0v) is 20.4. The largest absolute Gasteiger partial charge is 0.381 e. The number of aliphatic imine (C=N–C) groups is 1. The molecular formula is C23H28N8O3S. The second kappa shape index (κ2) is 9.59. The van der Waals surface area contributed by atoms with Crippen molar-refractivity contribution in [3.05, 3.63) is 28.9 Å². The second-order valence-corrected chi connectivity index (χ2v) is 9.90. The van der Waals surface area contributed by atoms with Crippen molar-refractivity contribution in [2.45, 2.75) is 31.3 Å². The lowest BCUT2D eigenvalue weighted by atomic mass is 9.99. The molecule has 0 spiro atoms. The summed E-state index contributed by atoms with van der Waals surface area (Å²) in [5.74, 6) is 0.711. The van der Waals surface area contributed by atoms with Crippen molar-refractivity contribution < 1.29 is 14.3 Å². The molecule has 6 rings (SSSR count). The minimum Gasteiger partial charge on any atom is -0.381 e. The SMILES string of the molecule is CNC(=O)NC1=NC2CC=C(c3nc(N4CCOCC4)nc4c3cnn4C3CCOCC3)C=C2S1. The molecule has 2 N–H and O–H groups in total. The summed E-state index contributed by atoms with van der Waals surface area (Å²) in [7, 11) is 1.59. The van der Waals surface area contributed by atoms with Crippen molar-refractivity contribution in [3.63, 3.8) is 0 Å². The van der Waals surface area contributed by atoms with Crippen molar-refractivity contribution in [2.75, 3.05) is 51.5 Å². The van der Waals surface area contributed by atoms with Crippen LogP contribution >= 0.6 is 11.8 Å². The number of rotatable bonds is 3. The van der Waals surface area contributed by atoms with Gasteiger partial charge in [0.05, 0.1) is 42.6 Å². The molecule has 5 heterocycles. The first-order chi connectivity index (χ1) is 17.2. The number of anilines is 1. The van der Waals surface area contributed by atoms with E-state index < -0.39 is 0 Å². The van der Waals surface area contributed by atoms with Gasteiger partial charge in [0.2, 0.25) is 5.95 Å². The second-order valence-electron chi connectivity index (χ2n) is 8.84. The van der Waals surface area contributed by atoms with Gasteiger partial charge < -0.3 is 19.7 Å². The third kappa shape index (κ3) is 4.41. The van der Waals surface area contributed by atoms with Crippen LogP contribution in [0.3, 0.4) is 0 Å². The first-order valence-corrected chi connectivity index (χ1v) is 12.8. The van der Waals surface area contributed by atoms with Gasteiger partial charge in [-0.05, 0) is 30.9 Å². The Balaban J connectivity index is 1.37. The zero-order valence-electron chi connectivity index (χ0n) is 19.6. The van der Waals surface area contributed by atoms with E-state index >= 15 is 0 Å². The number of hydrogen-bond acceptors (Lipinski definition) is 9.